The molecule has 0 saturated heterocycles. The van der Waals surface area contributed by atoms with Crippen molar-refractivity contribution in [3.05, 3.63) is 30.2 Å². The average molecular weight is 171 g/mol. The average Bonchev–Trinajstić information content (AvgIpc) is 2.18. The van der Waals surface area contributed by atoms with E-state index in [-0.39, 0.29) is 11.4 Å². The highest BCUT2D eigenvalue weighted by molar-refractivity contribution is 5.83. The number of nitrogens with zero attached hydrogens (tertiary/aromatic N) is 3. The fraction of sp³-hybridized carbons (Fsp3) is 0. The minimum atomic E-state index is -0.00500. The summed E-state index contributed by atoms with van der Waals surface area (Å²) in [5.41, 5.74) is 0.697. The molecule has 0 bridgehead atoms. The molecule has 0 fully saturated rings. The second-order valence-corrected chi connectivity index (χ2v) is 2.54. The summed E-state index contributed by atoms with van der Waals surface area (Å²) in [5, 5.41) is 18.7. The van der Waals surface area contributed by atoms with Gasteiger partial charge in [-0.3, -0.25) is 4.98 Å². The Balaban J connectivity index is 2.84. The van der Waals surface area contributed by atoms with Crippen molar-refractivity contribution < 1.29 is 5.11 Å². The Kier molecular flexibility index (Phi) is 1.57. The monoisotopic (exact) mass is 171 g/mol. The molecule has 0 aliphatic rings. The second-order valence-electron chi connectivity index (χ2n) is 2.54. The molecule has 0 radical (unpaired) electrons. The van der Waals surface area contributed by atoms with E-state index in [1.165, 1.54) is 6.20 Å². The van der Waals surface area contributed by atoms with E-state index < -0.39 is 0 Å². The van der Waals surface area contributed by atoms with Gasteiger partial charge in [0.15, 0.2) is 5.75 Å². The van der Waals surface area contributed by atoms with Gasteiger partial charge in [0.05, 0.1) is 6.20 Å². The molecular weight excluding hydrogens is 166 g/mol. The molecule has 0 atom stereocenters. The number of nitriles is 1. The highest BCUT2D eigenvalue weighted by Crippen LogP contribution is 2.20. The van der Waals surface area contributed by atoms with E-state index in [0.29, 0.717) is 5.52 Å². The Morgan fingerprint density at radius 3 is 2.92 bits per heavy atom. The first-order chi connectivity index (χ1) is 6.31. The lowest BCUT2D eigenvalue weighted by molar-refractivity contribution is 0.478. The third kappa shape index (κ3) is 1.16. The van der Waals surface area contributed by atoms with E-state index in [4.69, 9.17) is 5.26 Å². The third-order valence-corrected chi connectivity index (χ3v) is 1.69. The van der Waals surface area contributed by atoms with Crippen molar-refractivity contribution in [1.29, 1.82) is 5.26 Å². The maximum absolute atomic E-state index is 9.36. The number of hydrogen-bond acceptors (Lipinski definition) is 4. The van der Waals surface area contributed by atoms with E-state index in [9.17, 15) is 5.11 Å². The lowest BCUT2D eigenvalue weighted by Gasteiger charge is -1.97. The second kappa shape index (κ2) is 2.72. The minimum Gasteiger partial charge on any atom is -0.504 e. The van der Waals surface area contributed by atoms with Crippen LogP contribution in [0.4, 0.5) is 0 Å². The normalized spacial score (nSPS) is 9.77. The van der Waals surface area contributed by atoms with Gasteiger partial charge in [-0.05, 0) is 12.1 Å². The quantitative estimate of drug-likeness (QED) is 0.646. The molecule has 0 unspecified atom stereocenters. The molecule has 0 spiro atoms. The molecule has 0 saturated carbocycles. The molecule has 4 nitrogen and oxygen atoms in total. The summed E-state index contributed by atoms with van der Waals surface area (Å²) < 4.78 is 0. The summed E-state index contributed by atoms with van der Waals surface area (Å²) in [7, 11) is 0. The van der Waals surface area contributed by atoms with Crippen LogP contribution in [0.1, 0.15) is 5.69 Å². The van der Waals surface area contributed by atoms with Crippen molar-refractivity contribution >= 4 is 10.9 Å². The van der Waals surface area contributed by atoms with E-state index in [1.54, 1.807) is 18.3 Å². The molecular formula is C9H5N3O. The number of rotatable bonds is 0. The molecule has 2 heterocycles. The minimum absolute atomic E-state index is 0.00500. The van der Waals surface area contributed by atoms with Gasteiger partial charge < -0.3 is 5.11 Å². The molecule has 62 valence electrons. The number of aromatic hydroxyl groups is 1. The fourth-order valence-electron chi connectivity index (χ4n) is 1.09. The molecule has 0 amide bonds. The molecule has 0 aliphatic heterocycles. The fourth-order valence-corrected chi connectivity index (χ4v) is 1.09. The van der Waals surface area contributed by atoms with Crippen LogP contribution in [-0.4, -0.2) is 15.1 Å². The van der Waals surface area contributed by atoms with Crippen LogP contribution in [0.3, 0.4) is 0 Å². The number of fused-ring (bicyclic) bond motifs is 1. The number of aromatic nitrogens is 2. The summed E-state index contributed by atoms with van der Waals surface area (Å²) >= 11 is 0. The maximum Gasteiger partial charge on any atom is 0.160 e. The van der Waals surface area contributed by atoms with Gasteiger partial charge in [-0.25, -0.2) is 4.98 Å². The molecule has 1 N–H and O–H groups in total. The molecule has 0 aromatic carbocycles. The van der Waals surface area contributed by atoms with E-state index in [1.807, 2.05) is 6.07 Å². The van der Waals surface area contributed by atoms with Gasteiger partial charge in [0, 0.05) is 11.6 Å². The van der Waals surface area contributed by atoms with Gasteiger partial charge in [-0.1, -0.05) is 0 Å². The van der Waals surface area contributed by atoms with Crippen molar-refractivity contribution in [3.63, 3.8) is 0 Å². The van der Waals surface area contributed by atoms with Crippen LogP contribution in [0, 0.1) is 11.3 Å². The zero-order valence-corrected chi connectivity index (χ0v) is 6.60. The van der Waals surface area contributed by atoms with Crippen LogP contribution >= 0.6 is 0 Å². The van der Waals surface area contributed by atoms with Crippen molar-refractivity contribution in [1.82, 2.24) is 9.97 Å². The first-order valence-corrected chi connectivity index (χ1v) is 3.65. The topological polar surface area (TPSA) is 69.8 Å². The van der Waals surface area contributed by atoms with Crippen molar-refractivity contribution in [2.24, 2.45) is 0 Å². The highest BCUT2D eigenvalue weighted by atomic mass is 16.3. The largest absolute Gasteiger partial charge is 0.504 e. The molecule has 0 aliphatic carbocycles. The first kappa shape index (κ1) is 7.50. The molecule has 13 heavy (non-hydrogen) atoms. The van der Waals surface area contributed by atoms with Crippen LogP contribution < -0.4 is 0 Å². The lowest BCUT2D eigenvalue weighted by Crippen LogP contribution is -1.85. The molecule has 2 rings (SSSR count). The number of pyridine rings is 2. The standard InChI is InChI=1S/C9H5N3O/c10-3-7-2-1-6-4-11-5-8(13)9(6)12-7/h1-2,4-5,13H. The smallest absolute Gasteiger partial charge is 0.160 e. The summed E-state index contributed by atoms with van der Waals surface area (Å²) in [6, 6.07) is 5.19. The van der Waals surface area contributed by atoms with Crippen molar-refractivity contribution in [2.45, 2.75) is 0 Å². The summed E-state index contributed by atoms with van der Waals surface area (Å²) in [5.74, 6) is -0.00500. The van der Waals surface area contributed by atoms with Crippen molar-refractivity contribution in [3.8, 4) is 11.8 Å². The van der Waals surface area contributed by atoms with Gasteiger partial charge in [0.2, 0.25) is 0 Å². The maximum atomic E-state index is 9.36. The zero-order chi connectivity index (χ0) is 9.26. The Morgan fingerprint density at radius 1 is 1.31 bits per heavy atom. The summed E-state index contributed by atoms with van der Waals surface area (Å²) in [6.45, 7) is 0. The van der Waals surface area contributed by atoms with Gasteiger partial charge in [0.1, 0.15) is 17.3 Å². The Bertz CT molecular complexity index is 502. The van der Waals surface area contributed by atoms with Crippen LogP contribution in [-0.2, 0) is 0 Å². The van der Waals surface area contributed by atoms with E-state index in [2.05, 4.69) is 9.97 Å². The Morgan fingerprint density at radius 2 is 2.15 bits per heavy atom. The van der Waals surface area contributed by atoms with Gasteiger partial charge in [0.25, 0.3) is 0 Å². The van der Waals surface area contributed by atoms with Crippen molar-refractivity contribution in [2.75, 3.05) is 0 Å². The summed E-state index contributed by atoms with van der Waals surface area (Å²) in [4.78, 5) is 7.74. The van der Waals surface area contributed by atoms with Crippen LogP contribution in [0.25, 0.3) is 10.9 Å². The molecule has 4 heteroatoms. The van der Waals surface area contributed by atoms with Gasteiger partial charge in [-0.15, -0.1) is 0 Å². The highest BCUT2D eigenvalue weighted by Gasteiger charge is 2.01. The predicted octanol–water partition coefficient (Wildman–Crippen LogP) is 1.21. The lowest BCUT2D eigenvalue weighted by atomic mass is 10.2. The summed E-state index contributed by atoms with van der Waals surface area (Å²) in [6.07, 6.45) is 2.89. The van der Waals surface area contributed by atoms with Crippen LogP contribution in [0.15, 0.2) is 24.5 Å². The Labute approximate surface area is 74.1 Å². The molecule has 2 aromatic rings. The Hall–Kier alpha value is -2.15. The van der Waals surface area contributed by atoms with E-state index in [0.717, 1.165) is 5.39 Å². The van der Waals surface area contributed by atoms with E-state index >= 15 is 0 Å². The van der Waals surface area contributed by atoms with Crippen LogP contribution in [0.5, 0.6) is 5.75 Å². The predicted molar refractivity (Wildman–Crippen MR) is 45.9 cm³/mol. The third-order valence-electron chi connectivity index (χ3n) is 1.69. The number of hydrogen-bond donors (Lipinski definition) is 1. The first-order valence-electron chi connectivity index (χ1n) is 3.65. The van der Waals surface area contributed by atoms with Gasteiger partial charge >= 0.3 is 0 Å². The molecule has 2 aromatic heterocycles. The zero-order valence-electron chi connectivity index (χ0n) is 6.60. The van der Waals surface area contributed by atoms with Gasteiger partial charge in [-0.2, -0.15) is 5.26 Å². The van der Waals surface area contributed by atoms with Crippen LogP contribution in [0.2, 0.25) is 0 Å². The SMILES string of the molecule is N#Cc1ccc2cncc(O)c2n1.